The molecule has 0 spiro atoms. The summed E-state index contributed by atoms with van der Waals surface area (Å²) in [5, 5.41) is 2.08. The molecule has 0 heterocycles. The zero-order valence-corrected chi connectivity index (χ0v) is 23.5. The molecule has 3 rings (SSSR count). The van der Waals surface area contributed by atoms with Crippen LogP contribution in [-0.2, 0) is 16.4 Å². The van der Waals surface area contributed by atoms with Gasteiger partial charge in [-0.1, -0.05) is 114 Å². The first-order valence-corrected chi connectivity index (χ1v) is 17.5. The summed E-state index contributed by atoms with van der Waals surface area (Å²) in [6.07, 6.45) is 3.18. The molecule has 3 aromatic carbocycles. The summed E-state index contributed by atoms with van der Waals surface area (Å²) < 4.78 is 32.9. The molecule has 0 aliphatic rings. The lowest BCUT2D eigenvalue weighted by Gasteiger charge is -2.39. The Balaban J connectivity index is 2.34. The smallest absolute Gasteiger partial charge is 0.199 e. The molecule has 0 saturated carbocycles. The number of hydrogen-bond acceptors (Lipinski definition) is 2. The monoisotopic (exact) mass is 513 g/mol. The Hall–Kier alpha value is -1.73. The van der Waals surface area contributed by atoms with Crippen molar-refractivity contribution in [2.45, 2.75) is 70.1 Å². The Morgan fingerprint density at radius 1 is 0.765 bits per heavy atom. The Morgan fingerprint density at radius 2 is 1.24 bits per heavy atom. The van der Waals surface area contributed by atoms with Crippen LogP contribution in [-0.4, -0.2) is 19.7 Å². The van der Waals surface area contributed by atoms with Crippen LogP contribution in [0.4, 0.5) is 0 Å². The summed E-state index contributed by atoms with van der Waals surface area (Å²) >= 11 is 0. The lowest BCUT2D eigenvalue weighted by atomic mass is 10.1. The van der Waals surface area contributed by atoms with Gasteiger partial charge in [-0.25, -0.2) is 0 Å². The predicted molar refractivity (Wildman–Crippen MR) is 151 cm³/mol. The molecule has 0 aliphatic carbocycles. The second-order valence-electron chi connectivity index (χ2n) is 9.14. The Morgan fingerprint density at radius 3 is 1.65 bits per heavy atom. The van der Waals surface area contributed by atoms with E-state index in [0.29, 0.717) is 11.3 Å². The molecule has 34 heavy (non-hydrogen) atoms. The number of benzene rings is 3. The van der Waals surface area contributed by atoms with Crippen LogP contribution in [0, 0.1) is 0 Å². The molecule has 0 saturated heterocycles. The van der Waals surface area contributed by atoms with Gasteiger partial charge in [0.15, 0.2) is 0 Å². The number of nitrogens with zero attached hydrogens (tertiary/aromatic N) is 1. The summed E-state index contributed by atoms with van der Waals surface area (Å²) in [6, 6.07) is 27.7. The zero-order chi connectivity index (χ0) is 24.8. The molecule has 0 N–H and O–H groups in total. The molecule has 0 bridgehead atoms. The van der Waals surface area contributed by atoms with Gasteiger partial charge in [-0.3, -0.25) is 0 Å². The summed E-state index contributed by atoms with van der Waals surface area (Å²) in [5.41, 5.74) is 1.80. The summed E-state index contributed by atoms with van der Waals surface area (Å²) in [5.74, 6) is 0. The Labute approximate surface area is 207 Å². The van der Waals surface area contributed by atoms with Crippen LogP contribution in [0.3, 0.4) is 0 Å². The molecule has 0 amide bonds. The average molecular weight is 514 g/mol. The van der Waals surface area contributed by atoms with Gasteiger partial charge in [-0.15, -0.1) is 0 Å². The van der Waals surface area contributed by atoms with Crippen LogP contribution in [0.25, 0.3) is 0 Å². The third kappa shape index (κ3) is 5.91. The fourth-order valence-corrected chi connectivity index (χ4v) is 20.3. The van der Waals surface area contributed by atoms with Gasteiger partial charge in [-0.2, -0.15) is 12.6 Å². The van der Waals surface area contributed by atoms with Gasteiger partial charge in [0, 0.05) is 10.6 Å². The normalized spacial score (nSPS) is 12.5. The standard InChI is InChI=1S/C28H37NO2P2S/c1-6-7-14-25-19-21-28(22-20-25)34(30,31)29-33(26-15-10-8-11-16-26,27-17-12-9-13-18-27)32(23(2)3)24(4)5/h8-13,15-24H,6-7,14H2,1-5H3. The van der Waals surface area contributed by atoms with Gasteiger partial charge in [-0.05, 0) is 49.5 Å². The van der Waals surface area contributed by atoms with E-state index in [2.05, 4.69) is 58.9 Å². The van der Waals surface area contributed by atoms with Crippen LogP contribution in [0.15, 0.2) is 94.0 Å². The van der Waals surface area contributed by atoms with Crippen molar-refractivity contribution in [1.29, 1.82) is 0 Å². The number of aryl methyl sites for hydroxylation is 1. The highest BCUT2D eigenvalue weighted by molar-refractivity contribution is 8.41. The number of rotatable bonds is 10. The van der Waals surface area contributed by atoms with Crippen LogP contribution in [0.1, 0.15) is 53.0 Å². The van der Waals surface area contributed by atoms with Crippen molar-refractivity contribution in [3.8, 4) is 0 Å². The van der Waals surface area contributed by atoms with E-state index in [0.717, 1.165) is 29.9 Å². The van der Waals surface area contributed by atoms with E-state index in [4.69, 9.17) is 4.15 Å². The average Bonchev–Trinajstić information content (AvgIpc) is 2.83. The first-order valence-electron chi connectivity index (χ1n) is 12.1. The van der Waals surface area contributed by atoms with E-state index in [1.807, 2.05) is 48.5 Å². The molecule has 3 nitrogen and oxygen atoms in total. The van der Waals surface area contributed by atoms with Gasteiger partial charge in [0.25, 0.3) is 10.0 Å². The molecule has 6 heteroatoms. The molecule has 0 unspecified atom stereocenters. The van der Waals surface area contributed by atoms with Crippen LogP contribution < -0.4 is 10.6 Å². The maximum atomic E-state index is 13.9. The highest BCUT2D eigenvalue weighted by atomic mass is 32.2. The Kier molecular flexibility index (Phi) is 9.33. The maximum Gasteiger partial charge on any atom is 0.281 e. The quantitative estimate of drug-likeness (QED) is 0.260. The van der Waals surface area contributed by atoms with Gasteiger partial charge >= 0.3 is 0 Å². The number of unbranched alkanes of at least 4 members (excludes halogenated alkanes) is 1. The van der Waals surface area contributed by atoms with E-state index in [-0.39, 0.29) is 4.90 Å². The van der Waals surface area contributed by atoms with E-state index >= 15 is 0 Å². The van der Waals surface area contributed by atoms with Gasteiger partial charge < -0.3 is 0 Å². The van der Waals surface area contributed by atoms with Crippen molar-refractivity contribution in [2.24, 2.45) is 4.15 Å². The molecule has 0 fully saturated rings. The van der Waals surface area contributed by atoms with Crippen molar-refractivity contribution in [3.05, 3.63) is 90.5 Å². The third-order valence-corrected chi connectivity index (χ3v) is 20.2. The number of sulfonamides is 1. The van der Waals surface area contributed by atoms with Crippen molar-refractivity contribution in [3.63, 3.8) is 0 Å². The summed E-state index contributed by atoms with van der Waals surface area (Å²) in [6.45, 7) is 8.40. The van der Waals surface area contributed by atoms with Crippen molar-refractivity contribution in [2.75, 3.05) is 0 Å². The fraction of sp³-hybridized carbons (Fsp3) is 0.357. The first kappa shape index (κ1) is 26.9. The molecule has 3 aromatic rings. The highest BCUT2D eigenvalue weighted by Crippen LogP contribution is 2.80. The maximum absolute atomic E-state index is 13.9. The molecule has 0 aromatic heterocycles. The van der Waals surface area contributed by atoms with Crippen LogP contribution in [0.5, 0.6) is 0 Å². The van der Waals surface area contributed by atoms with Crippen LogP contribution in [0.2, 0.25) is 0 Å². The summed E-state index contributed by atoms with van der Waals surface area (Å²) in [7, 11) is -4.66. The second-order valence-corrected chi connectivity index (χ2v) is 19.4. The van der Waals surface area contributed by atoms with E-state index in [1.165, 1.54) is 5.56 Å². The highest BCUT2D eigenvalue weighted by Gasteiger charge is 2.39. The SMILES string of the molecule is CCCCc1ccc(S(=O)(=O)N=P(c2ccccc2)(c2ccccc2)P(C(C)C)C(C)C)cc1. The molecule has 182 valence electrons. The largest absolute Gasteiger partial charge is 0.281 e. The minimum atomic E-state index is -3.87. The van der Waals surface area contributed by atoms with Crippen LogP contribution >= 0.6 is 14.4 Å². The molecular weight excluding hydrogens is 476 g/mol. The zero-order valence-electron chi connectivity index (χ0n) is 20.9. The topological polar surface area (TPSA) is 46.5 Å². The minimum Gasteiger partial charge on any atom is -0.199 e. The van der Waals surface area contributed by atoms with E-state index in [1.54, 1.807) is 12.1 Å². The molecule has 0 atom stereocenters. The summed E-state index contributed by atoms with van der Waals surface area (Å²) in [4.78, 5) is 0.284. The lowest BCUT2D eigenvalue weighted by molar-refractivity contribution is 0.598. The van der Waals surface area contributed by atoms with Crippen molar-refractivity contribution >= 4 is 35.0 Å². The van der Waals surface area contributed by atoms with Gasteiger partial charge in [0.2, 0.25) is 0 Å². The van der Waals surface area contributed by atoms with Crippen molar-refractivity contribution in [1.82, 2.24) is 0 Å². The van der Waals surface area contributed by atoms with Gasteiger partial charge in [0.1, 0.15) is 0 Å². The second kappa shape index (κ2) is 11.8. The predicted octanol–water partition coefficient (Wildman–Crippen LogP) is 7.78. The molecular formula is C28H37NO2P2S. The fourth-order valence-electron chi connectivity index (χ4n) is 4.50. The van der Waals surface area contributed by atoms with Gasteiger partial charge in [0.05, 0.1) is 11.6 Å². The molecule has 0 radical (unpaired) electrons. The number of hydrogen-bond donors (Lipinski definition) is 0. The molecule has 0 aliphatic heterocycles. The lowest BCUT2D eigenvalue weighted by Crippen LogP contribution is -2.21. The van der Waals surface area contributed by atoms with E-state index in [9.17, 15) is 8.42 Å². The van der Waals surface area contributed by atoms with Crippen molar-refractivity contribution < 1.29 is 8.42 Å². The van der Waals surface area contributed by atoms with E-state index < -0.39 is 24.4 Å². The Bertz CT molecular complexity index is 1150. The first-order chi connectivity index (χ1) is 16.2. The third-order valence-electron chi connectivity index (χ3n) is 5.89. The minimum absolute atomic E-state index is 0.284.